The van der Waals surface area contributed by atoms with E-state index in [0.717, 1.165) is 29.6 Å². The van der Waals surface area contributed by atoms with Crippen LogP contribution in [0.3, 0.4) is 0 Å². The van der Waals surface area contributed by atoms with Crippen LogP contribution in [0, 0.1) is 5.82 Å². The zero-order chi connectivity index (χ0) is 21.6. The molecule has 0 spiro atoms. The van der Waals surface area contributed by atoms with Crippen molar-refractivity contribution in [3.8, 4) is 17.0 Å². The summed E-state index contributed by atoms with van der Waals surface area (Å²) in [7, 11) is 1.83. The van der Waals surface area contributed by atoms with Crippen LogP contribution < -0.4 is 10.9 Å². The summed E-state index contributed by atoms with van der Waals surface area (Å²) in [4.78, 5) is 26.3. The lowest BCUT2D eigenvalue weighted by molar-refractivity contribution is 0.0691. The Morgan fingerprint density at radius 2 is 2.03 bits per heavy atom. The van der Waals surface area contributed by atoms with Crippen LogP contribution in [0.25, 0.3) is 22.2 Å². The third-order valence-electron chi connectivity index (χ3n) is 5.84. The largest absolute Gasteiger partial charge is 0.506 e. The zero-order valence-electron chi connectivity index (χ0n) is 16.9. The SMILES string of the molecule is CCCNCc1cc2c3c(cc(F)c2n1C)-c1[nH]c(=O)c(C(=O)O)c(O)c1CCC3. The molecule has 0 saturated carbocycles. The van der Waals surface area contributed by atoms with Gasteiger partial charge in [0, 0.05) is 35.8 Å². The Morgan fingerprint density at radius 1 is 1.30 bits per heavy atom. The van der Waals surface area contributed by atoms with E-state index in [4.69, 9.17) is 0 Å². The van der Waals surface area contributed by atoms with Gasteiger partial charge in [0.25, 0.3) is 5.56 Å². The number of nitrogens with one attached hydrogen (secondary N) is 2. The number of aromatic hydroxyl groups is 1. The molecule has 1 aliphatic carbocycles. The molecule has 0 radical (unpaired) electrons. The second kappa shape index (κ2) is 7.60. The molecule has 0 fully saturated rings. The van der Waals surface area contributed by atoms with Crippen LogP contribution in [0.15, 0.2) is 16.9 Å². The summed E-state index contributed by atoms with van der Waals surface area (Å²) in [6, 6.07) is 3.34. The van der Waals surface area contributed by atoms with Crippen molar-refractivity contribution in [3.63, 3.8) is 0 Å². The molecule has 7 nitrogen and oxygen atoms in total. The molecule has 0 amide bonds. The number of aryl methyl sites for hydroxylation is 2. The molecule has 2 aromatic heterocycles. The lowest BCUT2D eigenvalue weighted by atomic mass is 9.96. The van der Waals surface area contributed by atoms with Gasteiger partial charge in [0.2, 0.25) is 0 Å². The summed E-state index contributed by atoms with van der Waals surface area (Å²) in [5.41, 5.74) is 1.89. The summed E-state index contributed by atoms with van der Waals surface area (Å²) in [5.74, 6) is -2.45. The highest BCUT2D eigenvalue weighted by Crippen LogP contribution is 2.40. The fourth-order valence-electron chi connectivity index (χ4n) is 4.40. The number of nitrogens with zero attached hydrogens (tertiary/aromatic N) is 1. The maximum absolute atomic E-state index is 15.2. The standard InChI is InChI=1S/C22H24FN3O4/c1-3-7-24-10-11-8-15-12-5-4-6-13-18(14(12)9-16(23)19(15)26(11)2)25-21(28)17(20(13)27)22(29)30/h8-9,24H,3-7,10H2,1-2H3,(H,29,30)(H2,25,27,28). The van der Waals surface area contributed by atoms with E-state index in [1.54, 1.807) is 0 Å². The number of carboxylic acids is 1. The minimum Gasteiger partial charge on any atom is -0.506 e. The third kappa shape index (κ3) is 3.08. The molecule has 0 saturated heterocycles. The minimum absolute atomic E-state index is 0.297. The van der Waals surface area contributed by atoms with Gasteiger partial charge in [-0.1, -0.05) is 6.92 Å². The van der Waals surface area contributed by atoms with E-state index in [-0.39, 0.29) is 0 Å². The fraction of sp³-hybridized carbons (Fsp3) is 0.364. The summed E-state index contributed by atoms with van der Waals surface area (Å²) < 4.78 is 17.0. The molecular formula is C22H24FN3O4. The maximum Gasteiger partial charge on any atom is 0.345 e. The number of hydrogen-bond acceptors (Lipinski definition) is 4. The van der Waals surface area contributed by atoms with Gasteiger partial charge >= 0.3 is 5.97 Å². The van der Waals surface area contributed by atoms with Gasteiger partial charge < -0.3 is 25.1 Å². The molecule has 1 aliphatic rings. The smallest absolute Gasteiger partial charge is 0.345 e. The Labute approximate surface area is 172 Å². The van der Waals surface area contributed by atoms with Crippen molar-refractivity contribution in [2.45, 2.75) is 39.2 Å². The number of rotatable bonds is 5. The van der Waals surface area contributed by atoms with Crippen molar-refractivity contribution >= 4 is 16.9 Å². The first-order chi connectivity index (χ1) is 14.3. The van der Waals surface area contributed by atoms with Crippen molar-refractivity contribution in [2.75, 3.05) is 6.54 Å². The average Bonchev–Trinajstić information content (AvgIpc) is 2.90. The highest BCUT2D eigenvalue weighted by Gasteiger charge is 2.27. The summed E-state index contributed by atoms with van der Waals surface area (Å²) in [6.07, 6.45) is 2.64. The van der Waals surface area contributed by atoms with Crippen LogP contribution in [-0.4, -0.2) is 32.3 Å². The second-order valence-corrected chi connectivity index (χ2v) is 7.71. The molecule has 4 rings (SSSR count). The zero-order valence-corrected chi connectivity index (χ0v) is 16.9. The number of aromatic amines is 1. The molecule has 1 aromatic carbocycles. The Morgan fingerprint density at radius 3 is 2.73 bits per heavy atom. The molecule has 4 N–H and O–H groups in total. The number of pyridine rings is 1. The molecule has 2 heterocycles. The Balaban J connectivity index is 1.96. The summed E-state index contributed by atoms with van der Waals surface area (Å²) in [6.45, 7) is 3.56. The highest BCUT2D eigenvalue weighted by molar-refractivity contribution is 5.95. The number of benzene rings is 1. The number of carbonyl (C=O) groups is 1. The van der Waals surface area contributed by atoms with Crippen LogP contribution in [0.1, 0.15) is 46.9 Å². The van der Waals surface area contributed by atoms with Crippen molar-refractivity contribution in [1.29, 1.82) is 0 Å². The number of fused-ring (bicyclic) bond motifs is 5. The van der Waals surface area contributed by atoms with E-state index in [0.29, 0.717) is 48.1 Å². The number of carboxylic acid groups (broad SMARTS) is 1. The lowest BCUT2D eigenvalue weighted by Crippen LogP contribution is -2.20. The Hall–Kier alpha value is -3.13. The van der Waals surface area contributed by atoms with Crippen molar-refractivity contribution in [3.05, 3.63) is 50.7 Å². The van der Waals surface area contributed by atoms with Gasteiger partial charge in [-0.3, -0.25) is 4.79 Å². The number of hydrogen-bond donors (Lipinski definition) is 4. The van der Waals surface area contributed by atoms with Gasteiger partial charge in [-0.2, -0.15) is 0 Å². The quantitative estimate of drug-likeness (QED) is 0.481. The van der Waals surface area contributed by atoms with E-state index in [2.05, 4.69) is 17.2 Å². The van der Waals surface area contributed by atoms with Gasteiger partial charge in [-0.05, 0) is 49.9 Å². The van der Waals surface area contributed by atoms with E-state index in [1.165, 1.54) is 6.07 Å². The molecule has 3 aromatic rings. The van der Waals surface area contributed by atoms with Gasteiger partial charge in [0.1, 0.15) is 11.6 Å². The van der Waals surface area contributed by atoms with Crippen molar-refractivity contribution in [1.82, 2.24) is 14.9 Å². The van der Waals surface area contributed by atoms with E-state index < -0.39 is 28.7 Å². The van der Waals surface area contributed by atoms with Crippen LogP contribution in [-0.2, 0) is 26.4 Å². The maximum atomic E-state index is 15.2. The normalized spacial score (nSPS) is 13.2. The first-order valence-electron chi connectivity index (χ1n) is 10.1. The number of aromatic carboxylic acids is 1. The predicted molar refractivity (Wildman–Crippen MR) is 112 cm³/mol. The topological polar surface area (TPSA) is 107 Å². The summed E-state index contributed by atoms with van der Waals surface area (Å²) >= 11 is 0. The van der Waals surface area contributed by atoms with E-state index in [9.17, 15) is 19.8 Å². The summed E-state index contributed by atoms with van der Waals surface area (Å²) in [5, 5.41) is 23.9. The first kappa shape index (κ1) is 20.2. The number of aromatic nitrogens is 2. The molecule has 30 heavy (non-hydrogen) atoms. The van der Waals surface area contributed by atoms with Crippen molar-refractivity contribution < 1.29 is 19.4 Å². The molecule has 0 bridgehead atoms. The average molecular weight is 413 g/mol. The molecule has 0 unspecified atom stereocenters. The third-order valence-corrected chi connectivity index (χ3v) is 5.84. The molecule has 8 heteroatoms. The van der Waals surface area contributed by atoms with Crippen LogP contribution in [0.5, 0.6) is 5.75 Å². The van der Waals surface area contributed by atoms with Gasteiger partial charge in [0.15, 0.2) is 5.56 Å². The lowest BCUT2D eigenvalue weighted by Gasteiger charge is -2.13. The van der Waals surface area contributed by atoms with Crippen molar-refractivity contribution in [2.24, 2.45) is 7.05 Å². The minimum atomic E-state index is -1.49. The van der Waals surface area contributed by atoms with Crippen LogP contribution in [0.4, 0.5) is 4.39 Å². The van der Waals surface area contributed by atoms with Gasteiger partial charge in [0.05, 0.1) is 11.2 Å². The molecule has 0 aliphatic heterocycles. The van der Waals surface area contributed by atoms with E-state index >= 15 is 4.39 Å². The van der Waals surface area contributed by atoms with Gasteiger partial charge in [-0.25, -0.2) is 9.18 Å². The highest BCUT2D eigenvalue weighted by atomic mass is 19.1. The Bertz CT molecular complexity index is 1230. The number of H-pyrrole nitrogens is 1. The fourth-order valence-corrected chi connectivity index (χ4v) is 4.40. The molecule has 0 atom stereocenters. The number of halogens is 1. The van der Waals surface area contributed by atoms with E-state index in [1.807, 2.05) is 17.7 Å². The van der Waals surface area contributed by atoms with Crippen LogP contribution in [0.2, 0.25) is 0 Å². The van der Waals surface area contributed by atoms with Crippen LogP contribution >= 0.6 is 0 Å². The second-order valence-electron chi connectivity index (χ2n) is 7.71. The first-order valence-corrected chi connectivity index (χ1v) is 10.1. The molecule has 158 valence electrons. The predicted octanol–water partition coefficient (Wildman–Crippen LogP) is 3.06. The molecular weight excluding hydrogens is 389 g/mol. The van der Waals surface area contributed by atoms with Gasteiger partial charge in [-0.15, -0.1) is 0 Å². The Kier molecular flexibility index (Phi) is 5.11. The monoisotopic (exact) mass is 413 g/mol.